The lowest BCUT2D eigenvalue weighted by atomic mass is 9.80. The summed E-state index contributed by atoms with van der Waals surface area (Å²) in [6.07, 6.45) is 0. The Morgan fingerprint density at radius 1 is 1.45 bits per heavy atom. The minimum absolute atomic E-state index is 0.219. The van der Waals surface area contributed by atoms with Gasteiger partial charge in [-0.1, -0.05) is 34.3 Å². The molecule has 0 aromatic heterocycles. The van der Waals surface area contributed by atoms with Gasteiger partial charge in [-0.05, 0) is 6.07 Å². The molecule has 0 radical (unpaired) electrons. The molecule has 0 saturated carbocycles. The van der Waals surface area contributed by atoms with E-state index in [0.29, 0.717) is 0 Å². The van der Waals surface area contributed by atoms with Crippen LogP contribution in [0.5, 0.6) is 0 Å². The summed E-state index contributed by atoms with van der Waals surface area (Å²) in [5.41, 5.74) is 0.219. The van der Waals surface area contributed by atoms with E-state index in [1.807, 2.05) is 0 Å². The molecular weight excluding hydrogens is 169 g/mol. The third-order valence-electron chi connectivity index (χ3n) is 1.26. The summed E-state index contributed by atoms with van der Waals surface area (Å²) >= 11 is 5.59. The molecule has 2 nitrogen and oxygen atoms in total. The van der Waals surface area contributed by atoms with Crippen molar-refractivity contribution in [2.24, 2.45) is 0 Å². The van der Waals surface area contributed by atoms with E-state index in [2.05, 4.69) is 4.86 Å². The highest BCUT2D eigenvalue weighted by Gasteiger charge is 2.19. The van der Waals surface area contributed by atoms with Gasteiger partial charge in [-0.15, -0.1) is 0 Å². The smallest absolute Gasteiger partial charge is 0.421 e. The highest BCUT2D eigenvalue weighted by atomic mass is 35.5. The highest BCUT2D eigenvalue weighted by molar-refractivity contribution is 6.63. The molecule has 0 heterocycles. The molecule has 1 aromatic rings. The van der Waals surface area contributed by atoms with Gasteiger partial charge in [0.1, 0.15) is 0 Å². The van der Waals surface area contributed by atoms with Crippen molar-refractivity contribution in [2.45, 2.75) is 0 Å². The normalized spacial score (nSPS) is 9.73. The Morgan fingerprint density at radius 3 is 2.64 bits per heavy atom. The van der Waals surface area contributed by atoms with Crippen molar-refractivity contribution in [1.82, 2.24) is 0 Å². The van der Waals surface area contributed by atoms with E-state index in [9.17, 15) is 4.53 Å². The van der Waals surface area contributed by atoms with Crippen LogP contribution in [0.25, 0.3) is 0 Å². The molecule has 0 amide bonds. The van der Waals surface area contributed by atoms with E-state index in [-0.39, 0.29) is 10.5 Å². The van der Waals surface area contributed by atoms with Crippen LogP contribution in [-0.4, -0.2) is 12.1 Å². The van der Waals surface area contributed by atoms with Crippen molar-refractivity contribution in [2.75, 3.05) is 0 Å². The van der Waals surface area contributed by atoms with Gasteiger partial charge in [-0.25, -0.2) is 4.86 Å². The van der Waals surface area contributed by atoms with Crippen molar-refractivity contribution >= 4 is 24.2 Å². The molecule has 58 valence electrons. The maximum Gasteiger partial charge on any atom is 0.531 e. The molecule has 1 aromatic carbocycles. The zero-order chi connectivity index (χ0) is 8.27. The topological polar surface area (TPSA) is 29.5 Å². The maximum atomic E-state index is 11.4. The molecule has 0 spiro atoms. The molecule has 0 fully saturated rings. The first-order chi connectivity index (χ1) is 5.25. The summed E-state index contributed by atoms with van der Waals surface area (Å²) in [5.74, 6) is 0. The molecule has 1 rings (SSSR count). The molecule has 0 atom stereocenters. The average Bonchev–Trinajstić information content (AvgIpc) is 2.04. The van der Waals surface area contributed by atoms with Gasteiger partial charge >= 0.3 is 7.12 Å². The quantitative estimate of drug-likeness (QED) is 0.676. The van der Waals surface area contributed by atoms with Crippen molar-refractivity contribution in [1.29, 1.82) is 0 Å². The molecule has 0 aliphatic heterocycles. The first-order valence-corrected chi connectivity index (χ1v) is 3.33. The monoisotopic (exact) mass is 174 g/mol. The van der Waals surface area contributed by atoms with Crippen LogP contribution in [0.2, 0.25) is 5.02 Å². The fourth-order valence-electron chi connectivity index (χ4n) is 0.723. The van der Waals surface area contributed by atoms with Gasteiger partial charge in [0.25, 0.3) is 0 Å². The van der Waals surface area contributed by atoms with Crippen LogP contribution in [0, 0.1) is 0 Å². The zero-order valence-electron chi connectivity index (χ0n) is 5.50. The van der Waals surface area contributed by atoms with Gasteiger partial charge in [0, 0.05) is 10.5 Å². The second-order valence-corrected chi connectivity index (χ2v) is 2.37. The van der Waals surface area contributed by atoms with Gasteiger partial charge in [-0.2, -0.15) is 0 Å². The van der Waals surface area contributed by atoms with E-state index in [1.165, 1.54) is 6.07 Å². The largest absolute Gasteiger partial charge is 0.531 e. The third-order valence-corrected chi connectivity index (χ3v) is 1.60. The number of hydrogen-bond acceptors (Lipinski definition) is 2. The van der Waals surface area contributed by atoms with Crippen molar-refractivity contribution in [3.05, 3.63) is 29.3 Å². The van der Waals surface area contributed by atoms with Crippen LogP contribution in [-0.2, 0) is 4.86 Å². The summed E-state index contributed by atoms with van der Waals surface area (Å²) in [5, 5.41) is 9.10. The Labute approximate surface area is 68.6 Å². The van der Waals surface area contributed by atoms with E-state index in [4.69, 9.17) is 16.6 Å². The molecule has 0 aliphatic carbocycles. The van der Waals surface area contributed by atoms with Gasteiger partial charge < -0.3 is 5.02 Å². The lowest BCUT2D eigenvalue weighted by molar-refractivity contribution is -0.0267. The lowest BCUT2D eigenvalue weighted by Crippen LogP contribution is -2.31. The number of hydrogen-bond donors (Lipinski definition) is 1. The Hall–Kier alpha value is -0.575. The molecule has 1 N–H and O–H groups in total. The van der Waals surface area contributed by atoms with E-state index < -0.39 is 7.12 Å². The lowest BCUT2D eigenvalue weighted by Gasteiger charge is -2.01. The Balaban J connectivity index is 2.93. The van der Waals surface area contributed by atoms with Crippen molar-refractivity contribution in [3.8, 4) is 0 Å². The minimum Gasteiger partial charge on any atom is -0.421 e. The van der Waals surface area contributed by atoms with Crippen LogP contribution < -0.4 is 5.46 Å². The van der Waals surface area contributed by atoms with Crippen LogP contribution in [0.4, 0.5) is 4.53 Å². The van der Waals surface area contributed by atoms with Gasteiger partial charge in [0.2, 0.25) is 0 Å². The van der Waals surface area contributed by atoms with Crippen LogP contribution in [0.15, 0.2) is 24.3 Å². The summed E-state index contributed by atoms with van der Waals surface area (Å²) in [7, 11) is -1.59. The van der Waals surface area contributed by atoms with Gasteiger partial charge in [0.05, 0.1) is 0 Å². The van der Waals surface area contributed by atoms with Gasteiger partial charge in [0.15, 0.2) is 0 Å². The Bertz CT molecular complexity index is 246. The zero-order valence-corrected chi connectivity index (χ0v) is 6.25. The van der Waals surface area contributed by atoms with Crippen molar-refractivity contribution < 1.29 is 14.4 Å². The van der Waals surface area contributed by atoms with Gasteiger partial charge in [-0.3, -0.25) is 0 Å². The van der Waals surface area contributed by atoms with Crippen LogP contribution >= 0.6 is 11.6 Å². The molecule has 0 saturated heterocycles. The second-order valence-electron chi connectivity index (χ2n) is 1.96. The second kappa shape index (κ2) is 3.71. The highest BCUT2D eigenvalue weighted by Crippen LogP contribution is 2.04. The number of benzene rings is 1. The Morgan fingerprint density at radius 2 is 2.09 bits per heavy atom. The average molecular weight is 174 g/mol. The summed E-state index contributed by atoms with van der Waals surface area (Å²) in [4.78, 5) is 3.19. The standard InChI is InChI=1S/C6H5BClFO2/c8-6-4-2-1-3-5(6)7(10)11-9/h1-4,10H. The predicted octanol–water partition coefficient (Wildman–Crippen LogP) is 0.929. The third kappa shape index (κ3) is 1.93. The van der Waals surface area contributed by atoms with E-state index in [1.54, 1.807) is 18.2 Å². The van der Waals surface area contributed by atoms with E-state index >= 15 is 0 Å². The summed E-state index contributed by atoms with van der Waals surface area (Å²) in [6, 6.07) is 6.33. The summed E-state index contributed by atoms with van der Waals surface area (Å²) in [6.45, 7) is 0. The molecule has 11 heavy (non-hydrogen) atoms. The molecule has 5 heteroatoms. The van der Waals surface area contributed by atoms with Crippen LogP contribution in [0.1, 0.15) is 0 Å². The minimum atomic E-state index is -1.59. The molecule has 0 bridgehead atoms. The first-order valence-electron chi connectivity index (χ1n) is 2.95. The molecule has 0 aliphatic rings. The van der Waals surface area contributed by atoms with Crippen molar-refractivity contribution in [3.63, 3.8) is 0 Å². The van der Waals surface area contributed by atoms with Crippen LogP contribution in [0.3, 0.4) is 0 Å². The fraction of sp³-hybridized carbons (Fsp3) is 0. The number of halogens is 2. The number of rotatable bonds is 2. The molecule has 0 unspecified atom stereocenters. The fourth-order valence-corrected chi connectivity index (χ4v) is 0.952. The molecular formula is C6H5BClFO2. The first kappa shape index (κ1) is 8.52. The maximum absolute atomic E-state index is 11.4. The summed E-state index contributed by atoms with van der Waals surface area (Å²) < 4.78 is 11.4. The Kier molecular flexibility index (Phi) is 2.88. The predicted molar refractivity (Wildman–Crippen MR) is 41.3 cm³/mol. The van der Waals surface area contributed by atoms with E-state index in [0.717, 1.165) is 0 Å². The SMILES string of the molecule is OB(OF)c1ccccc1Cl.